The maximum Gasteiger partial charge on any atom is 0.320 e. The molecule has 0 aromatic carbocycles. The van der Waals surface area contributed by atoms with E-state index in [0.29, 0.717) is 11.8 Å². The fraction of sp³-hybridized carbons (Fsp3) is 0.800. The summed E-state index contributed by atoms with van der Waals surface area (Å²) in [7, 11) is 0. The second-order valence-corrected chi connectivity index (χ2v) is 2.96. The summed E-state index contributed by atoms with van der Waals surface area (Å²) in [6, 6.07) is -1.03. The highest BCUT2D eigenvalue weighted by Crippen LogP contribution is 2.14. The Hall–Kier alpha value is -0.360. The van der Waals surface area contributed by atoms with E-state index in [1.807, 2.05) is 0 Å². The molecule has 0 aliphatic rings. The average Bonchev–Trinajstić information content (AvgIpc) is 1.86. The van der Waals surface area contributed by atoms with Crippen molar-refractivity contribution in [2.45, 2.75) is 18.2 Å². The Bertz CT molecular complexity index is 134. The Balaban J connectivity index is 3.31. The van der Waals surface area contributed by atoms with Crippen LogP contribution in [-0.4, -0.2) is 28.6 Å². The van der Waals surface area contributed by atoms with Crippen LogP contribution < -0.4 is 5.73 Å². The van der Waals surface area contributed by atoms with Crippen LogP contribution in [0.15, 0.2) is 0 Å². The first-order valence-electron chi connectivity index (χ1n) is 2.92. The van der Waals surface area contributed by atoms with Crippen molar-refractivity contribution in [3.63, 3.8) is 0 Å². The Morgan fingerprint density at radius 1 is 1.64 bits per heavy atom. The Morgan fingerprint density at radius 2 is 2.18 bits per heavy atom. The van der Waals surface area contributed by atoms with E-state index >= 15 is 0 Å². The zero-order valence-electron chi connectivity index (χ0n) is 5.67. The minimum atomic E-state index is -2.45. The highest BCUT2D eigenvalue weighted by molar-refractivity contribution is 7.99. The van der Waals surface area contributed by atoms with Gasteiger partial charge in [-0.25, -0.2) is 0 Å². The van der Waals surface area contributed by atoms with Crippen LogP contribution in [0.2, 0.25) is 0 Å². The average molecular weight is 185 g/mol. The summed E-state index contributed by atoms with van der Waals surface area (Å²) in [6.07, 6.45) is 0.0737. The number of aliphatic carboxylic acids is 1. The number of carboxylic acids is 1. The Labute approximate surface area is 66.9 Å². The van der Waals surface area contributed by atoms with E-state index in [9.17, 15) is 13.6 Å². The first-order valence-corrected chi connectivity index (χ1v) is 3.97. The van der Waals surface area contributed by atoms with Crippen LogP contribution in [0.4, 0.5) is 8.78 Å². The fourth-order valence-corrected chi connectivity index (χ4v) is 0.976. The predicted octanol–water partition coefficient (Wildman–Crippen LogP) is 0.744. The molecule has 0 heterocycles. The maximum absolute atomic E-state index is 11.5. The monoisotopic (exact) mass is 185 g/mol. The molecule has 0 spiro atoms. The van der Waals surface area contributed by atoms with E-state index in [4.69, 9.17) is 10.8 Å². The maximum atomic E-state index is 11.5. The lowest BCUT2D eigenvalue weighted by Gasteiger charge is -2.04. The van der Waals surface area contributed by atoms with Crippen molar-refractivity contribution < 1.29 is 18.7 Å². The lowest BCUT2D eigenvalue weighted by atomic mass is 10.2. The number of carboxylic acid groups (broad SMARTS) is 1. The normalized spacial score (nSPS) is 13.5. The van der Waals surface area contributed by atoms with E-state index in [2.05, 4.69) is 0 Å². The Kier molecular flexibility index (Phi) is 5.14. The van der Waals surface area contributed by atoms with Crippen molar-refractivity contribution in [1.29, 1.82) is 0 Å². The molecule has 3 N–H and O–H groups in total. The number of alkyl halides is 2. The molecule has 0 rings (SSSR count). The second-order valence-electron chi connectivity index (χ2n) is 1.86. The smallest absolute Gasteiger partial charge is 0.320 e. The lowest BCUT2D eigenvalue weighted by Crippen LogP contribution is -2.30. The molecule has 0 fully saturated rings. The molecule has 0 saturated heterocycles. The van der Waals surface area contributed by atoms with Gasteiger partial charge in [0.15, 0.2) is 0 Å². The fourth-order valence-electron chi connectivity index (χ4n) is 0.408. The number of rotatable bonds is 5. The van der Waals surface area contributed by atoms with Gasteiger partial charge in [0.05, 0.1) is 0 Å². The molecule has 0 aromatic rings. The third-order valence-corrected chi connectivity index (χ3v) is 1.71. The second kappa shape index (κ2) is 5.31. The molecule has 66 valence electrons. The van der Waals surface area contributed by atoms with Gasteiger partial charge in [-0.15, -0.1) is 0 Å². The van der Waals surface area contributed by atoms with Crippen LogP contribution in [0.5, 0.6) is 0 Å². The summed E-state index contributed by atoms with van der Waals surface area (Å²) in [5, 5.41) is 8.23. The summed E-state index contributed by atoms with van der Waals surface area (Å²) in [5.74, 6) is -3.53. The van der Waals surface area contributed by atoms with E-state index in [1.165, 1.54) is 0 Å². The lowest BCUT2D eigenvalue weighted by molar-refractivity contribution is -0.138. The first kappa shape index (κ1) is 10.6. The first-order chi connectivity index (χ1) is 5.04. The molecule has 0 aliphatic carbocycles. The zero-order chi connectivity index (χ0) is 8.85. The molecule has 0 saturated carbocycles. The van der Waals surface area contributed by atoms with Crippen molar-refractivity contribution >= 4 is 17.7 Å². The highest BCUT2D eigenvalue weighted by Gasteiger charge is 2.12. The molecule has 0 aromatic heterocycles. The molecule has 0 radical (unpaired) electrons. The van der Waals surface area contributed by atoms with Crippen molar-refractivity contribution in [3.8, 4) is 0 Å². The number of hydrogen-bond donors (Lipinski definition) is 2. The van der Waals surface area contributed by atoms with Crippen molar-refractivity contribution in [2.75, 3.05) is 5.75 Å². The van der Waals surface area contributed by atoms with Crippen LogP contribution in [0.1, 0.15) is 6.42 Å². The third-order valence-electron chi connectivity index (χ3n) is 0.990. The number of nitrogens with two attached hydrogens (primary N) is 1. The minimum Gasteiger partial charge on any atom is -0.480 e. The molecule has 3 nitrogen and oxygen atoms in total. The summed E-state index contributed by atoms with van der Waals surface area (Å²) < 4.78 is 22.9. The standard InChI is InChI=1S/C5H9F2NO2S/c6-5(7)11-2-1-3(8)4(9)10/h3,5H,1-2,8H2,(H,9,10)/t3-/m0/s1. The highest BCUT2D eigenvalue weighted by atomic mass is 32.2. The molecule has 0 aliphatic heterocycles. The molecule has 11 heavy (non-hydrogen) atoms. The topological polar surface area (TPSA) is 63.3 Å². The van der Waals surface area contributed by atoms with E-state index in [0.717, 1.165) is 0 Å². The third kappa shape index (κ3) is 6.05. The van der Waals surface area contributed by atoms with Gasteiger partial charge in [-0.2, -0.15) is 8.78 Å². The van der Waals surface area contributed by atoms with Crippen molar-refractivity contribution in [3.05, 3.63) is 0 Å². The zero-order valence-corrected chi connectivity index (χ0v) is 6.48. The minimum absolute atomic E-state index is 0.0737. The van der Waals surface area contributed by atoms with E-state index < -0.39 is 17.8 Å². The van der Waals surface area contributed by atoms with Crippen LogP contribution in [0, 0.1) is 0 Å². The predicted molar refractivity (Wildman–Crippen MR) is 38.7 cm³/mol. The van der Waals surface area contributed by atoms with Crippen LogP contribution in [0.3, 0.4) is 0 Å². The van der Waals surface area contributed by atoms with Gasteiger partial charge in [-0.05, 0) is 6.42 Å². The molecule has 1 atom stereocenters. The van der Waals surface area contributed by atoms with Gasteiger partial charge in [0.1, 0.15) is 6.04 Å². The molecular formula is C5H9F2NO2S. The largest absolute Gasteiger partial charge is 0.480 e. The van der Waals surface area contributed by atoms with E-state index in [-0.39, 0.29) is 12.2 Å². The molecule has 0 unspecified atom stereocenters. The van der Waals surface area contributed by atoms with Crippen LogP contribution in [-0.2, 0) is 4.79 Å². The summed E-state index contributed by atoms with van der Waals surface area (Å²) in [6.45, 7) is 0. The summed E-state index contributed by atoms with van der Waals surface area (Å²) >= 11 is 0.400. The van der Waals surface area contributed by atoms with Gasteiger partial charge in [0, 0.05) is 5.75 Å². The van der Waals surface area contributed by atoms with Crippen molar-refractivity contribution in [1.82, 2.24) is 0 Å². The van der Waals surface area contributed by atoms with Gasteiger partial charge in [0.25, 0.3) is 5.76 Å². The number of hydrogen-bond acceptors (Lipinski definition) is 3. The number of halogens is 2. The van der Waals surface area contributed by atoms with Crippen molar-refractivity contribution in [2.24, 2.45) is 5.73 Å². The molecular weight excluding hydrogens is 176 g/mol. The van der Waals surface area contributed by atoms with Gasteiger partial charge in [0.2, 0.25) is 0 Å². The Morgan fingerprint density at radius 3 is 2.55 bits per heavy atom. The van der Waals surface area contributed by atoms with E-state index in [1.54, 1.807) is 0 Å². The van der Waals surface area contributed by atoms with Gasteiger partial charge >= 0.3 is 5.97 Å². The molecule has 0 bridgehead atoms. The molecule has 0 amide bonds. The summed E-state index contributed by atoms with van der Waals surface area (Å²) in [4.78, 5) is 10.1. The van der Waals surface area contributed by atoms with Crippen LogP contribution in [0.25, 0.3) is 0 Å². The SMILES string of the molecule is N[C@@H](CCSC(F)F)C(=O)O. The van der Waals surface area contributed by atoms with Crippen LogP contribution >= 0.6 is 11.8 Å². The molecule has 6 heteroatoms. The number of carbonyl (C=O) groups is 1. The quantitative estimate of drug-likeness (QED) is 0.663. The van der Waals surface area contributed by atoms with Gasteiger partial charge in [-0.3, -0.25) is 4.79 Å². The number of thioether (sulfide) groups is 1. The van der Waals surface area contributed by atoms with Gasteiger partial charge in [-0.1, -0.05) is 11.8 Å². The van der Waals surface area contributed by atoms with Gasteiger partial charge < -0.3 is 10.8 Å². The summed E-state index contributed by atoms with van der Waals surface area (Å²) in [5.41, 5.74) is 5.04.